The van der Waals surface area contributed by atoms with E-state index in [-0.39, 0.29) is 5.78 Å². The quantitative estimate of drug-likeness (QED) is 0.645. The molecule has 3 aliphatic heterocycles. The number of hydrogen-bond donors (Lipinski definition) is 0. The first kappa shape index (κ1) is 13.9. The van der Waals surface area contributed by atoms with Gasteiger partial charge < -0.3 is 4.90 Å². The van der Waals surface area contributed by atoms with Crippen LogP contribution in [0.3, 0.4) is 0 Å². The molecule has 1 atom stereocenters. The molecular weight excluding hydrogens is 292 g/mol. The van der Waals surface area contributed by atoms with Crippen LogP contribution >= 0.6 is 11.5 Å². The normalized spacial score (nSPS) is 27.0. The monoisotopic (exact) mass is 310 g/mol. The van der Waals surface area contributed by atoms with Gasteiger partial charge in [0.15, 0.2) is 5.78 Å². The minimum Gasteiger partial charge on any atom is -0.303 e. The minimum atomic E-state index is 0.193. The topological polar surface area (TPSA) is 33.2 Å². The van der Waals surface area contributed by atoms with Crippen LogP contribution in [-0.4, -0.2) is 34.7 Å². The third kappa shape index (κ3) is 2.35. The number of carbonyl (C=O) groups is 1. The zero-order valence-electron chi connectivity index (χ0n) is 12.4. The van der Waals surface area contributed by atoms with Gasteiger partial charge in [0.2, 0.25) is 0 Å². The molecule has 3 saturated heterocycles. The van der Waals surface area contributed by atoms with Crippen LogP contribution < -0.4 is 0 Å². The summed E-state index contributed by atoms with van der Waals surface area (Å²) in [4.78, 5) is 15.2. The highest BCUT2D eigenvalue weighted by molar-refractivity contribution is 7.13. The van der Waals surface area contributed by atoms with Gasteiger partial charge >= 0.3 is 0 Å². The number of hydrogen-bond acceptors (Lipinski definition) is 4. The van der Waals surface area contributed by atoms with Crippen molar-refractivity contribution in [3.8, 4) is 12.3 Å². The summed E-state index contributed by atoms with van der Waals surface area (Å²) in [7, 11) is 0. The lowest BCUT2D eigenvalue weighted by Gasteiger charge is -2.44. The zero-order valence-corrected chi connectivity index (χ0v) is 13.2. The molecule has 4 heterocycles. The van der Waals surface area contributed by atoms with Crippen LogP contribution in [0.15, 0.2) is 18.2 Å². The van der Waals surface area contributed by atoms with E-state index in [0.29, 0.717) is 18.0 Å². The smallest absolute Gasteiger partial charge is 0.183 e. The number of nitrogens with zero attached hydrogens (tertiary/aromatic N) is 2. The molecule has 1 aromatic carbocycles. The Balaban J connectivity index is 1.57. The summed E-state index contributed by atoms with van der Waals surface area (Å²) < 4.78 is 5.42. The molecule has 0 spiro atoms. The van der Waals surface area contributed by atoms with Crippen LogP contribution in [-0.2, 0) is 0 Å². The molecular formula is C18H18N2OS. The van der Waals surface area contributed by atoms with Gasteiger partial charge in [-0.3, -0.25) is 4.79 Å². The maximum absolute atomic E-state index is 12.7. The molecule has 22 heavy (non-hydrogen) atoms. The molecule has 2 aromatic rings. The lowest BCUT2D eigenvalue weighted by Crippen LogP contribution is -2.47. The predicted molar refractivity (Wildman–Crippen MR) is 89.2 cm³/mol. The van der Waals surface area contributed by atoms with Gasteiger partial charge in [0, 0.05) is 23.9 Å². The maximum Gasteiger partial charge on any atom is 0.183 e. The van der Waals surface area contributed by atoms with Gasteiger partial charge in [-0.25, -0.2) is 0 Å². The SMILES string of the molecule is C#Cc1ccc2c(C(=O)C[C@H]3CN4CCC3CC4)nsc2c1. The summed E-state index contributed by atoms with van der Waals surface area (Å²) in [6, 6.07) is 5.78. The minimum absolute atomic E-state index is 0.193. The number of Topliss-reactive ketones (excluding diaryl/α,β-unsaturated/α-hetero) is 1. The second kappa shape index (κ2) is 5.49. The summed E-state index contributed by atoms with van der Waals surface area (Å²) in [5.41, 5.74) is 1.48. The van der Waals surface area contributed by atoms with Crippen molar-refractivity contribution in [2.24, 2.45) is 11.8 Å². The predicted octanol–water partition coefficient (Wildman–Crippen LogP) is 3.19. The van der Waals surface area contributed by atoms with E-state index in [1.54, 1.807) is 0 Å². The largest absolute Gasteiger partial charge is 0.303 e. The van der Waals surface area contributed by atoms with Crippen LogP contribution in [0.2, 0.25) is 0 Å². The highest BCUT2D eigenvalue weighted by atomic mass is 32.1. The number of fused-ring (bicyclic) bond motifs is 4. The van der Waals surface area contributed by atoms with Gasteiger partial charge in [0.1, 0.15) is 5.69 Å². The number of carbonyl (C=O) groups excluding carboxylic acids is 1. The number of piperidine rings is 3. The van der Waals surface area contributed by atoms with Crippen molar-refractivity contribution in [3.63, 3.8) is 0 Å². The summed E-state index contributed by atoms with van der Waals surface area (Å²) in [5, 5.41) is 0.954. The molecule has 0 N–H and O–H groups in total. The Hall–Kier alpha value is -1.70. The first-order valence-corrected chi connectivity index (χ1v) is 8.63. The van der Waals surface area contributed by atoms with E-state index in [1.807, 2.05) is 18.2 Å². The number of benzene rings is 1. The Labute approximate surface area is 134 Å². The van der Waals surface area contributed by atoms with Gasteiger partial charge in [-0.1, -0.05) is 5.92 Å². The van der Waals surface area contributed by atoms with Crippen molar-refractivity contribution in [1.29, 1.82) is 0 Å². The molecule has 0 aliphatic carbocycles. The van der Waals surface area contributed by atoms with E-state index < -0.39 is 0 Å². The van der Waals surface area contributed by atoms with Crippen LogP contribution in [0.5, 0.6) is 0 Å². The Morgan fingerprint density at radius 1 is 1.41 bits per heavy atom. The fraction of sp³-hybridized carbons (Fsp3) is 0.444. The van der Waals surface area contributed by atoms with Crippen molar-refractivity contribution in [2.75, 3.05) is 19.6 Å². The Morgan fingerprint density at radius 3 is 2.91 bits per heavy atom. The van der Waals surface area contributed by atoms with E-state index in [4.69, 9.17) is 6.42 Å². The average Bonchev–Trinajstić information content (AvgIpc) is 2.99. The van der Waals surface area contributed by atoms with Crippen molar-refractivity contribution in [3.05, 3.63) is 29.5 Å². The maximum atomic E-state index is 12.7. The van der Waals surface area contributed by atoms with Crippen LogP contribution in [0.4, 0.5) is 0 Å². The Morgan fingerprint density at radius 2 is 2.23 bits per heavy atom. The second-order valence-electron chi connectivity index (χ2n) is 6.41. The van der Waals surface area contributed by atoms with Crippen LogP contribution in [0.1, 0.15) is 35.3 Å². The number of aromatic nitrogens is 1. The van der Waals surface area contributed by atoms with Gasteiger partial charge in [0.25, 0.3) is 0 Å². The molecule has 3 nitrogen and oxygen atoms in total. The van der Waals surface area contributed by atoms with E-state index in [1.165, 1.54) is 37.5 Å². The van der Waals surface area contributed by atoms with Gasteiger partial charge in [-0.15, -0.1) is 6.42 Å². The molecule has 2 bridgehead atoms. The number of terminal acetylenes is 1. The summed E-state index contributed by atoms with van der Waals surface area (Å²) in [6.07, 6.45) is 8.57. The van der Waals surface area contributed by atoms with E-state index in [2.05, 4.69) is 15.2 Å². The Kier molecular flexibility index (Phi) is 3.48. The fourth-order valence-corrected chi connectivity index (χ4v) is 4.71. The van der Waals surface area contributed by atoms with Crippen molar-refractivity contribution < 1.29 is 4.79 Å². The van der Waals surface area contributed by atoms with Crippen LogP contribution in [0, 0.1) is 24.2 Å². The van der Waals surface area contributed by atoms with Crippen molar-refractivity contribution in [2.45, 2.75) is 19.3 Å². The molecule has 0 amide bonds. The third-order valence-electron chi connectivity index (χ3n) is 5.14. The zero-order chi connectivity index (χ0) is 15.1. The molecule has 5 rings (SSSR count). The first-order chi connectivity index (χ1) is 10.7. The molecule has 3 fully saturated rings. The summed E-state index contributed by atoms with van der Waals surface area (Å²) in [5.74, 6) is 4.06. The standard InChI is InChI=1S/C18H18N2OS/c1-2-12-3-4-15-17(9-12)22-19-18(15)16(21)10-14-11-20-7-5-13(14)6-8-20/h1,3-4,9,13-14H,5-8,10-11H2/t14-/m0/s1. The lowest BCUT2D eigenvalue weighted by atomic mass is 9.76. The Bertz CT molecular complexity index is 765. The molecule has 3 aliphatic rings. The summed E-state index contributed by atoms with van der Waals surface area (Å²) >= 11 is 1.37. The van der Waals surface area contributed by atoms with E-state index in [9.17, 15) is 4.79 Å². The molecule has 0 unspecified atom stereocenters. The average molecular weight is 310 g/mol. The second-order valence-corrected chi connectivity index (χ2v) is 7.22. The van der Waals surface area contributed by atoms with Crippen LogP contribution in [0.25, 0.3) is 10.1 Å². The number of rotatable bonds is 3. The van der Waals surface area contributed by atoms with Gasteiger partial charge in [-0.2, -0.15) is 4.37 Å². The number of ketones is 1. The molecule has 1 aromatic heterocycles. The lowest BCUT2D eigenvalue weighted by molar-refractivity contribution is 0.0440. The molecule has 0 saturated carbocycles. The van der Waals surface area contributed by atoms with Gasteiger partial charge in [-0.05, 0) is 67.5 Å². The van der Waals surface area contributed by atoms with Crippen molar-refractivity contribution in [1.82, 2.24) is 9.27 Å². The van der Waals surface area contributed by atoms with E-state index in [0.717, 1.165) is 28.1 Å². The molecule has 112 valence electrons. The highest BCUT2D eigenvalue weighted by Gasteiger charge is 2.35. The van der Waals surface area contributed by atoms with Gasteiger partial charge in [0.05, 0.1) is 4.70 Å². The first-order valence-electron chi connectivity index (χ1n) is 7.86. The molecule has 4 heteroatoms. The van der Waals surface area contributed by atoms with Crippen molar-refractivity contribution >= 4 is 27.4 Å². The fourth-order valence-electron chi connectivity index (χ4n) is 3.88. The molecule has 0 radical (unpaired) electrons. The third-order valence-corrected chi connectivity index (χ3v) is 5.95. The highest BCUT2D eigenvalue weighted by Crippen LogP contribution is 2.35. The summed E-state index contributed by atoms with van der Waals surface area (Å²) in [6.45, 7) is 3.51. The van der Waals surface area contributed by atoms with E-state index >= 15 is 0 Å².